The fourth-order valence-electron chi connectivity index (χ4n) is 4.87. The van der Waals surface area contributed by atoms with Crippen LogP contribution in [0.1, 0.15) is 41.9 Å². The maximum Gasteiger partial charge on any atom is 0.232 e. The highest BCUT2D eigenvalue weighted by Gasteiger charge is 2.37. The van der Waals surface area contributed by atoms with Gasteiger partial charge in [-0.15, -0.1) is 0 Å². The number of rotatable bonds is 8. The monoisotopic (exact) mass is 539 g/mol. The van der Waals surface area contributed by atoms with Crippen molar-refractivity contribution in [2.45, 2.75) is 30.6 Å². The lowest BCUT2D eigenvalue weighted by atomic mass is 9.74. The molecule has 1 heterocycles. The van der Waals surface area contributed by atoms with Gasteiger partial charge in [-0.2, -0.15) is 5.26 Å². The molecule has 3 aromatic carbocycles. The van der Waals surface area contributed by atoms with Gasteiger partial charge in [0, 0.05) is 21.6 Å². The number of carbonyl (C=O) groups is 1. The summed E-state index contributed by atoms with van der Waals surface area (Å²) in [4.78, 5) is 15.6. The third-order valence-corrected chi connectivity index (χ3v) is 7.77. The zero-order valence-electron chi connectivity index (χ0n) is 19.9. The van der Waals surface area contributed by atoms with Crippen molar-refractivity contribution in [3.05, 3.63) is 105 Å². The van der Waals surface area contributed by atoms with Crippen LogP contribution < -0.4 is 5.32 Å². The SMILES string of the molecule is N#CC1(c2ccccc2Cl)CCN(CCCNC(=O)C(c2ccc(Cl)cc2)c2ccc(Cl)cc2)CC1. The maximum atomic E-state index is 13.2. The summed E-state index contributed by atoms with van der Waals surface area (Å²) >= 11 is 18.5. The number of carbonyl (C=O) groups excluding carboxylic acids is 1. The molecule has 1 fully saturated rings. The van der Waals surface area contributed by atoms with Gasteiger partial charge >= 0.3 is 0 Å². The molecule has 1 amide bonds. The normalized spacial score (nSPS) is 15.4. The molecule has 36 heavy (non-hydrogen) atoms. The molecular formula is C29H28Cl3N3O. The molecule has 1 saturated heterocycles. The summed E-state index contributed by atoms with van der Waals surface area (Å²) in [5.41, 5.74) is 2.15. The lowest BCUT2D eigenvalue weighted by molar-refractivity contribution is -0.121. The molecule has 0 bridgehead atoms. The van der Waals surface area contributed by atoms with Crippen LogP contribution in [0.15, 0.2) is 72.8 Å². The van der Waals surface area contributed by atoms with Crippen molar-refractivity contribution in [3.63, 3.8) is 0 Å². The van der Waals surface area contributed by atoms with Crippen molar-refractivity contribution >= 4 is 40.7 Å². The molecular weight excluding hydrogens is 513 g/mol. The number of benzene rings is 3. The molecule has 1 N–H and O–H groups in total. The smallest absolute Gasteiger partial charge is 0.232 e. The van der Waals surface area contributed by atoms with Crippen LogP contribution >= 0.6 is 34.8 Å². The first kappa shape index (κ1) is 26.5. The quantitative estimate of drug-likeness (QED) is 0.318. The standard InChI is InChI=1S/C29H28Cl3N3O/c30-23-10-6-21(7-11-23)27(22-8-12-24(31)13-9-22)28(36)34-16-3-17-35-18-14-29(20-33,15-19-35)25-4-1-2-5-26(25)32/h1-2,4-13,27H,3,14-19H2,(H,34,36). The van der Waals surface area contributed by atoms with Crippen LogP contribution in [0.4, 0.5) is 0 Å². The summed E-state index contributed by atoms with van der Waals surface area (Å²) in [5.74, 6) is -0.498. The highest BCUT2D eigenvalue weighted by Crippen LogP contribution is 2.38. The molecule has 0 unspecified atom stereocenters. The molecule has 0 spiro atoms. The van der Waals surface area contributed by atoms with Gasteiger partial charge in [0.25, 0.3) is 0 Å². The van der Waals surface area contributed by atoms with Gasteiger partial charge in [-0.05, 0) is 85.9 Å². The van der Waals surface area contributed by atoms with Gasteiger partial charge in [0.15, 0.2) is 0 Å². The van der Waals surface area contributed by atoms with E-state index in [9.17, 15) is 10.1 Å². The van der Waals surface area contributed by atoms with E-state index < -0.39 is 11.3 Å². The molecule has 0 radical (unpaired) electrons. The first-order valence-corrected chi connectivity index (χ1v) is 13.2. The summed E-state index contributed by atoms with van der Waals surface area (Å²) < 4.78 is 0. The van der Waals surface area contributed by atoms with Crippen molar-refractivity contribution in [2.24, 2.45) is 0 Å². The Hall–Kier alpha value is -2.55. The number of nitriles is 1. The highest BCUT2D eigenvalue weighted by molar-refractivity contribution is 6.31. The zero-order chi connectivity index (χ0) is 25.5. The maximum absolute atomic E-state index is 13.2. The molecule has 1 aliphatic rings. The topological polar surface area (TPSA) is 56.1 Å². The van der Waals surface area contributed by atoms with E-state index in [1.54, 1.807) is 24.3 Å². The van der Waals surface area contributed by atoms with E-state index in [0.29, 0.717) is 21.6 Å². The lowest BCUT2D eigenvalue weighted by Gasteiger charge is -2.38. The second-order valence-corrected chi connectivity index (χ2v) is 10.5. The molecule has 186 valence electrons. The predicted octanol–water partition coefficient (Wildman–Crippen LogP) is 6.84. The summed E-state index contributed by atoms with van der Waals surface area (Å²) in [6.45, 7) is 3.08. The Kier molecular flexibility index (Phi) is 8.93. The van der Waals surface area contributed by atoms with Gasteiger partial charge in [0.2, 0.25) is 5.91 Å². The zero-order valence-corrected chi connectivity index (χ0v) is 22.2. The van der Waals surface area contributed by atoms with Crippen molar-refractivity contribution in [1.29, 1.82) is 5.26 Å². The lowest BCUT2D eigenvalue weighted by Crippen LogP contribution is -2.43. The third-order valence-electron chi connectivity index (χ3n) is 6.93. The number of nitrogens with one attached hydrogen (secondary N) is 1. The van der Waals surface area contributed by atoms with Crippen molar-refractivity contribution in [1.82, 2.24) is 10.2 Å². The molecule has 0 aliphatic carbocycles. The predicted molar refractivity (Wildman–Crippen MR) is 147 cm³/mol. The Morgan fingerprint density at radius 3 is 2.00 bits per heavy atom. The number of halogens is 3. The summed E-state index contributed by atoms with van der Waals surface area (Å²) in [6.07, 6.45) is 2.31. The largest absolute Gasteiger partial charge is 0.355 e. The van der Waals surface area contributed by atoms with E-state index in [-0.39, 0.29) is 5.91 Å². The Bertz CT molecular complexity index is 1170. The van der Waals surface area contributed by atoms with E-state index >= 15 is 0 Å². The second-order valence-electron chi connectivity index (χ2n) is 9.20. The molecule has 0 saturated carbocycles. The number of amides is 1. The Balaban J connectivity index is 1.32. The first-order chi connectivity index (χ1) is 17.4. The van der Waals surface area contributed by atoms with Crippen LogP contribution in [0.5, 0.6) is 0 Å². The number of hydrogen-bond acceptors (Lipinski definition) is 3. The minimum Gasteiger partial charge on any atom is -0.355 e. The minimum atomic E-state index is -0.534. The number of hydrogen-bond donors (Lipinski definition) is 1. The molecule has 4 rings (SSSR count). The second kappa shape index (κ2) is 12.1. The van der Waals surface area contributed by atoms with E-state index in [2.05, 4.69) is 16.3 Å². The van der Waals surface area contributed by atoms with Crippen LogP contribution in [0.25, 0.3) is 0 Å². The first-order valence-electron chi connectivity index (χ1n) is 12.1. The number of likely N-dealkylation sites (tertiary alicyclic amines) is 1. The van der Waals surface area contributed by atoms with Gasteiger partial charge < -0.3 is 10.2 Å². The van der Waals surface area contributed by atoms with Gasteiger partial charge in [-0.1, -0.05) is 77.3 Å². The molecule has 1 aliphatic heterocycles. The third kappa shape index (κ3) is 6.22. The van der Waals surface area contributed by atoms with Crippen LogP contribution in [-0.2, 0) is 10.2 Å². The average molecular weight is 541 g/mol. The Labute approximate surface area is 227 Å². The van der Waals surface area contributed by atoms with Gasteiger partial charge in [0.1, 0.15) is 0 Å². The van der Waals surface area contributed by atoms with Crippen LogP contribution in [0.2, 0.25) is 15.1 Å². The van der Waals surface area contributed by atoms with E-state index in [0.717, 1.165) is 55.6 Å². The van der Waals surface area contributed by atoms with Crippen molar-refractivity contribution < 1.29 is 4.79 Å². The summed E-state index contributed by atoms with van der Waals surface area (Å²) in [7, 11) is 0. The Morgan fingerprint density at radius 2 is 1.47 bits per heavy atom. The van der Waals surface area contributed by atoms with E-state index in [1.807, 2.05) is 48.5 Å². The van der Waals surface area contributed by atoms with Crippen molar-refractivity contribution in [3.8, 4) is 6.07 Å². The number of nitrogens with zero attached hydrogens (tertiary/aromatic N) is 2. The van der Waals surface area contributed by atoms with Crippen LogP contribution in [0.3, 0.4) is 0 Å². The molecule has 7 heteroatoms. The van der Waals surface area contributed by atoms with Gasteiger partial charge in [-0.25, -0.2) is 0 Å². The fourth-order valence-corrected chi connectivity index (χ4v) is 5.44. The summed E-state index contributed by atoms with van der Waals surface area (Å²) in [6, 6.07) is 24.9. The highest BCUT2D eigenvalue weighted by atomic mass is 35.5. The average Bonchev–Trinajstić information content (AvgIpc) is 2.90. The van der Waals surface area contributed by atoms with Crippen LogP contribution in [-0.4, -0.2) is 37.0 Å². The molecule has 3 aromatic rings. The van der Waals surface area contributed by atoms with Gasteiger partial charge in [0.05, 0.1) is 17.4 Å². The molecule has 0 aromatic heterocycles. The molecule has 4 nitrogen and oxygen atoms in total. The van der Waals surface area contributed by atoms with E-state index in [4.69, 9.17) is 34.8 Å². The Morgan fingerprint density at radius 1 is 0.917 bits per heavy atom. The fraction of sp³-hybridized carbons (Fsp3) is 0.310. The summed E-state index contributed by atoms with van der Waals surface area (Å²) in [5, 5.41) is 15.0. The van der Waals surface area contributed by atoms with E-state index in [1.165, 1.54) is 0 Å². The van der Waals surface area contributed by atoms with Gasteiger partial charge in [-0.3, -0.25) is 4.79 Å². The number of piperidine rings is 1. The van der Waals surface area contributed by atoms with Crippen molar-refractivity contribution in [2.75, 3.05) is 26.2 Å². The minimum absolute atomic E-state index is 0.0551. The van der Waals surface area contributed by atoms with Crippen LogP contribution in [0, 0.1) is 11.3 Å². The molecule has 0 atom stereocenters.